The first-order valence-electron chi connectivity index (χ1n) is 6.97. The van der Waals surface area contributed by atoms with Crippen LogP contribution in [0.5, 0.6) is 11.5 Å². The molecular weight excluding hydrogens is 330 g/mol. The van der Waals surface area contributed by atoms with Gasteiger partial charge in [0.2, 0.25) is 0 Å². The molecule has 0 bridgehead atoms. The molecule has 1 atom stereocenters. The summed E-state index contributed by atoms with van der Waals surface area (Å²) in [6.45, 7) is 0. The molecule has 0 spiro atoms. The minimum absolute atomic E-state index is 0.541. The number of hydrogen-bond donors (Lipinski definition) is 2. The van der Waals surface area contributed by atoms with E-state index in [-0.39, 0.29) is 0 Å². The van der Waals surface area contributed by atoms with E-state index in [0.29, 0.717) is 33.9 Å². The summed E-state index contributed by atoms with van der Waals surface area (Å²) in [5.41, 5.74) is 3.45. The van der Waals surface area contributed by atoms with Crippen LogP contribution in [0.25, 0.3) is 22.3 Å². The molecule has 3 aromatic rings. The number of anilines is 1. The number of nitrogens with zero attached hydrogens (tertiary/aromatic N) is 2. The van der Waals surface area contributed by atoms with Crippen LogP contribution >= 0.6 is 0 Å². The van der Waals surface area contributed by atoms with Crippen LogP contribution in [0.1, 0.15) is 0 Å². The zero-order chi connectivity index (χ0) is 17.1. The fraction of sp³-hybridized carbons (Fsp3) is 0.125. The summed E-state index contributed by atoms with van der Waals surface area (Å²) >= 11 is -2.10. The molecule has 2 aromatic carbocycles. The third-order valence-corrected chi connectivity index (χ3v) is 3.84. The molecule has 1 heterocycles. The number of hydrogen-bond acceptors (Lipinski definition) is 5. The monoisotopic (exact) mass is 345 g/mol. The van der Waals surface area contributed by atoms with Gasteiger partial charge >= 0.3 is 0 Å². The molecule has 0 aliphatic heterocycles. The van der Waals surface area contributed by atoms with Crippen molar-refractivity contribution < 1.29 is 18.2 Å². The quantitative estimate of drug-likeness (QED) is 0.691. The van der Waals surface area contributed by atoms with Crippen LogP contribution < -0.4 is 14.2 Å². The Morgan fingerprint density at radius 3 is 2.25 bits per heavy atom. The Hall–Kier alpha value is -2.71. The van der Waals surface area contributed by atoms with Crippen LogP contribution in [-0.4, -0.2) is 32.9 Å². The van der Waals surface area contributed by atoms with Gasteiger partial charge in [0, 0.05) is 23.4 Å². The zero-order valence-electron chi connectivity index (χ0n) is 13.0. The summed E-state index contributed by atoms with van der Waals surface area (Å²) in [4.78, 5) is 9.00. The van der Waals surface area contributed by atoms with Crippen molar-refractivity contribution in [3.05, 3.63) is 42.6 Å². The number of nitrogens with one attached hydrogen (secondary N) is 1. The number of rotatable bonds is 5. The van der Waals surface area contributed by atoms with Crippen LogP contribution in [-0.2, 0) is 11.3 Å². The number of methoxy groups -OCH3 is 2. The second kappa shape index (κ2) is 6.81. The van der Waals surface area contributed by atoms with Crippen molar-refractivity contribution in [3.8, 4) is 22.8 Å². The van der Waals surface area contributed by atoms with Crippen LogP contribution in [0.15, 0.2) is 42.6 Å². The summed E-state index contributed by atoms with van der Waals surface area (Å²) in [7, 11) is 3.14. The van der Waals surface area contributed by atoms with Crippen LogP contribution in [0.3, 0.4) is 0 Å². The molecule has 8 heteroatoms. The lowest BCUT2D eigenvalue weighted by Crippen LogP contribution is -2.01. The molecule has 0 aliphatic carbocycles. The van der Waals surface area contributed by atoms with E-state index in [1.165, 1.54) is 0 Å². The van der Waals surface area contributed by atoms with Gasteiger partial charge in [-0.2, -0.15) is 0 Å². The normalized spacial score (nSPS) is 12.0. The molecule has 3 rings (SSSR count). The van der Waals surface area contributed by atoms with Crippen LogP contribution in [0.2, 0.25) is 0 Å². The van der Waals surface area contributed by atoms with Crippen LogP contribution in [0.4, 0.5) is 5.69 Å². The third kappa shape index (κ3) is 3.29. The van der Waals surface area contributed by atoms with E-state index >= 15 is 0 Å². The largest absolute Gasteiger partial charge is 0.493 e. The molecule has 24 heavy (non-hydrogen) atoms. The molecule has 124 valence electrons. The molecule has 0 saturated heterocycles. The fourth-order valence-electron chi connectivity index (χ4n) is 2.29. The minimum Gasteiger partial charge on any atom is -0.493 e. The molecule has 1 unspecified atom stereocenters. The maximum Gasteiger partial charge on any atom is 0.259 e. The lowest BCUT2D eigenvalue weighted by atomic mass is 10.1. The maximum absolute atomic E-state index is 10.7. The van der Waals surface area contributed by atoms with E-state index in [9.17, 15) is 4.21 Å². The highest BCUT2D eigenvalue weighted by Gasteiger charge is 2.09. The Morgan fingerprint density at radius 2 is 1.67 bits per heavy atom. The maximum atomic E-state index is 10.7. The Morgan fingerprint density at radius 1 is 1.04 bits per heavy atom. The van der Waals surface area contributed by atoms with Gasteiger partial charge in [-0.1, -0.05) is 12.1 Å². The van der Waals surface area contributed by atoms with Gasteiger partial charge in [0.05, 0.1) is 37.1 Å². The summed E-state index contributed by atoms with van der Waals surface area (Å²) in [5.74, 6) is 1.18. The predicted octanol–water partition coefficient (Wildman–Crippen LogP) is 2.86. The fourth-order valence-corrected chi connectivity index (χ4v) is 2.63. The van der Waals surface area contributed by atoms with Crippen molar-refractivity contribution in [2.75, 3.05) is 18.9 Å². The van der Waals surface area contributed by atoms with Gasteiger partial charge < -0.3 is 9.47 Å². The van der Waals surface area contributed by atoms with Crippen molar-refractivity contribution in [1.82, 2.24) is 9.97 Å². The molecule has 1 aromatic heterocycles. The van der Waals surface area contributed by atoms with E-state index in [1.807, 2.05) is 0 Å². The van der Waals surface area contributed by atoms with Gasteiger partial charge in [-0.3, -0.25) is 14.3 Å². The first-order chi connectivity index (χ1) is 11.6. The second-order valence-corrected chi connectivity index (χ2v) is 5.58. The smallest absolute Gasteiger partial charge is 0.259 e. The number of benzene rings is 2. The lowest BCUT2D eigenvalue weighted by molar-refractivity contribution is 0.355. The zero-order valence-corrected chi connectivity index (χ0v) is 13.8. The van der Waals surface area contributed by atoms with E-state index in [4.69, 9.17) is 14.0 Å². The van der Waals surface area contributed by atoms with Crippen molar-refractivity contribution in [2.45, 2.75) is 0 Å². The van der Waals surface area contributed by atoms with Gasteiger partial charge in [-0.05, 0) is 12.1 Å². The van der Waals surface area contributed by atoms with Gasteiger partial charge in [0.15, 0.2) is 11.5 Å². The average Bonchev–Trinajstić information content (AvgIpc) is 2.60. The van der Waals surface area contributed by atoms with Crippen molar-refractivity contribution in [1.29, 1.82) is 0 Å². The highest BCUT2D eigenvalue weighted by atomic mass is 32.2. The molecule has 7 nitrogen and oxygen atoms in total. The molecule has 0 fully saturated rings. The molecule has 0 aliphatic rings. The van der Waals surface area contributed by atoms with Gasteiger partial charge in [0.25, 0.3) is 11.3 Å². The summed E-state index contributed by atoms with van der Waals surface area (Å²) in [6.07, 6.45) is 1.67. The summed E-state index contributed by atoms with van der Waals surface area (Å²) < 4.78 is 32.5. The number of ether oxygens (including phenoxy) is 2. The Labute approximate surface area is 141 Å². The molecule has 0 amide bonds. The highest BCUT2D eigenvalue weighted by Crippen LogP contribution is 2.31. The topological polar surface area (TPSA) is 93.6 Å². The summed E-state index contributed by atoms with van der Waals surface area (Å²) in [5, 5.41) is 0. The Balaban J connectivity index is 1.99. The lowest BCUT2D eigenvalue weighted by Gasteiger charge is -2.09. The SMILES string of the molecule is COc1cc2ncc(-c3ccc(NS(=O)O)cc3)nc2cc1OC. The molecule has 0 radical (unpaired) electrons. The highest BCUT2D eigenvalue weighted by molar-refractivity contribution is 7.80. The van der Waals surface area contributed by atoms with Crippen molar-refractivity contribution >= 4 is 28.0 Å². The van der Waals surface area contributed by atoms with Crippen molar-refractivity contribution in [3.63, 3.8) is 0 Å². The number of fused-ring (bicyclic) bond motifs is 1. The van der Waals surface area contributed by atoms with E-state index in [2.05, 4.69) is 14.7 Å². The third-order valence-electron chi connectivity index (χ3n) is 3.43. The molecular formula is C16H15N3O4S. The number of aromatic nitrogens is 2. The average molecular weight is 345 g/mol. The van der Waals surface area contributed by atoms with Gasteiger partial charge in [-0.25, -0.2) is 9.19 Å². The Bertz CT molecular complexity index is 900. The van der Waals surface area contributed by atoms with E-state index in [1.54, 1.807) is 56.8 Å². The molecule has 0 saturated carbocycles. The van der Waals surface area contributed by atoms with Crippen molar-refractivity contribution in [2.24, 2.45) is 0 Å². The predicted molar refractivity (Wildman–Crippen MR) is 92.5 cm³/mol. The first-order valence-corrected chi connectivity index (χ1v) is 8.08. The van der Waals surface area contributed by atoms with E-state index in [0.717, 1.165) is 5.56 Å². The first kappa shape index (κ1) is 16.2. The van der Waals surface area contributed by atoms with Crippen LogP contribution in [0, 0.1) is 0 Å². The Kier molecular flexibility index (Phi) is 4.59. The van der Waals surface area contributed by atoms with Gasteiger partial charge in [0.1, 0.15) is 0 Å². The molecule has 2 N–H and O–H groups in total. The van der Waals surface area contributed by atoms with Gasteiger partial charge in [-0.15, -0.1) is 0 Å². The van der Waals surface area contributed by atoms with E-state index < -0.39 is 11.3 Å². The summed E-state index contributed by atoms with van der Waals surface area (Å²) in [6, 6.07) is 10.5. The standard InChI is InChI=1S/C16H15N3O4S/c1-22-15-7-12-13(8-16(15)23-2)18-14(9-17-12)10-3-5-11(6-4-10)19-24(20)21/h3-9,19H,1-2H3,(H,20,21). The minimum atomic E-state index is -2.10. The second-order valence-electron chi connectivity index (χ2n) is 4.88.